The second-order valence-corrected chi connectivity index (χ2v) is 6.18. The van der Waals surface area contributed by atoms with E-state index in [-0.39, 0.29) is 12.3 Å². The third kappa shape index (κ3) is 3.53. The van der Waals surface area contributed by atoms with Crippen molar-refractivity contribution in [2.24, 2.45) is 17.8 Å². The van der Waals surface area contributed by atoms with E-state index in [0.29, 0.717) is 12.1 Å². The summed E-state index contributed by atoms with van der Waals surface area (Å²) in [6.45, 7) is 3.62. The van der Waals surface area contributed by atoms with Crippen LogP contribution in [0.25, 0.3) is 0 Å². The van der Waals surface area contributed by atoms with Gasteiger partial charge >= 0.3 is 17.9 Å². The molecule has 2 aliphatic heterocycles. The van der Waals surface area contributed by atoms with Gasteiger partial charge in [0.1, 0.15) is 18.2 Å². The quantitative estimate of drug-likeness (QED) is 0.397. The molecule has 0 bridgehead atoms. The number of aliphatic hydroxyl groups excluding tert-OH is 1. The summed E-state index contributed by atoms with van der Waals surface area (Å²) in [6, 6.07) is -0.936. The third-order valence-electron chi connectivity index (χ3n) is 4.66. The van der Waals surface area contributed by atoms with Gasteiger partial charge < -0.3 is 25.4 Å². The Kier molecular flexibility index (Phi) is 5.06. The highest BCUT2D eigenvalue weighted by Crippen LogP contribution is 2.33. The molecule has 8 heteroatoms. The maximum Gasteiger partial charge on any atom is 0.321 e. The van der Waals surface area contributed by atoms with Crippen LogP contribution in [0.2, 0.25) is 0 Å². The first-order chi connectivity index (χ1) is 10.7. The number of carbonyl (C=O) groups excluding carboxylic acids is 1. The Morgan fingerprint density at radius 3 is 2.52 bits per heavy atom. The second kappa shape index (κ2) is 6.67. The molecule has 0 spiro atoms. The molecule has 0 aromatic heterocycles. The maximum atomic E-state index is 11.5. The lowest BCUT2D eigenvalue weighted by Gasteiger charge is -2.22. The second-order valence-electron chi connectivity index (χ2n) is 6.18. The van der Waals surface area contributed by atoms with E-state index in [0.717, 1.165) is 0 Å². The normalized spacial score (nSPS) is 37.7. The minimum Gasteiger partial charge on any atom is -0.481 e. The molecule has 0 saturated carbocycles. The summed E-state index contributed by atoms with van der Waals surface area (Å²) < 4.78 is 5.09. The monoisotopic (exact) mass is 327 g/mol. The summed E-state index contributed by atoms with van der Waals surface area (Å²) in [6.07, 6.45) is -0.423. The number of hydrogen-bond donors (Lipinski definition) is 4. The number of nitrogens with one attached hydrogen (secondary N) is 1. The summed E-state index contributed by atoms with van der Waals surface area (Å²) in [5.41, 5.74) is 0.707. The minimum absolute atomic E-state index is 0.275. The zero-order valence-corrected chi connectivity index (χ0v) is 12.9. The molecule has 8 nitrogen and oxygen atoms in total. The van der Waals surface area contributed by atoms with E-state index in [1.807, 2.05) is 0 Å². The summed E-state index contributed by atoms with van der Waals surface area (Å²) in [5, 5.41) is 31.0. The number of aliphatic hydroxyl groups is 1. The van der Waals surface area contributed by atoms with E-state index in [9.17, 15) is 24.6 Å². The molecule has 0 aromatic rings. The number of cyclic esters (lactones) is 1. The van der Waals surface area contributed by atoms with Gasteiger partial charge in [0.2, 0.25) is 0 Å². The van der Waals surface area contributed by atoms with Crippen molar-refractivity contribution < 1.29 is 34.4 Å². The Hall–Kier alpha value is -1.93. The fourth-order valence-electron chi connectivity index (χ4n) is 3.27. The molecular weight excluding hydrogens is 306 g/mol. The standard InChI is InChI=1S/C15H21NO7/c1-6(3-10-13(19)7(2)15(22)23-10)9-5-16-12(14(20)21)8(9)4-11(17)18/h3,7-10,12-13,16,19H,4-5H2,1-2H3,(H,17,18)(H,20,21)/b6-3-/t7-,8+,9?,10-,12+,13+/m1/s1. The molecule has 2 heterocycles. The summed E-state index contributed by atoms with van der Waals surface area (Å²) >= 11 is 0. The van der Waals surface area contributed by atoms with Gasteiger partial charge in [0.15, 0.2) is 0 Å². The molecule has 2 aliphatic rings. The van der Waals surface area contributed by atoms with E-state index in [2.05, 4.69) is 5.32 Å². The Morgan fingerprint density at radius 2 is 2.04 bits per heavy atom. The summed E-state index contributed by atoms with van der Waals surface area (Å²) in [7, 11) is 0. The van der Waals surface area contributed by atoms with Crippen LogP contribution < -0.4 is 5.32 Å². The molecule has 0 amide bonds. The van der Waals surface area contributed by atoms with Crippen LogP contribution in [0.1, 0.15) is 20.3 Å². The highest BCUT2D eigenvalue weighted by Gasteiger charge is 2.43. The fourth-order valence-corrected chi connectivity index (χ4v) is 3.27. The zero-order chi connectivity index (χ0) is 17.3. The lowest BCUT2D eigenvalue weighted by Crippen LogP contribution is -2.37. The molecule has 1 unspecified atom stereocenters. The number of hydrogen-bond acceptors (Lipinski definition) is 6. The smallest absolute Gasteiger partial charge is 0.321 e. The first-order valence-electron chi connectivity index (χ1n) is 7.47. The largest absolute Gasteiger partial charge is 0.481 e. The van der Waals surface area contributed by atoms with Crippen LogP contribution in [-0.2, 0) is 19.1 Å². The number of ether oxygens (including phenoxy) is 1. The Morgan fingerprint density at radius 1 is 1.39 bits per heavy atom. The highest BCUT2D eigenvalue weighted by atomic mass is 16.6. The molecule has 23 heavy (non-hydrogen) atoms. The Balaban J connectivity index is 2.18. The molecule has 0 aliphatic carbocycles. The van der Waals surface area contributed by atoms with Crippen LogP contribution in [-0.4, -0.2) is 58.0 Å². The van der Waals surface area contributed by atoms with E-state index >= 15 is 0 Å². The van der Waals surface area contributed by atoms with E-state index in [4.69, 9.17) is 9.84 Å². The first-order valence-corrected chi connectivity index (χ1v) is 7.47. The summed E-state index contributed by atoms with van der Waals surface area (Å²) in [4.78, 5) is 33.8. The van der Waals surface area contributed by atoms with Crippen molar-refractivity contribution in [3.8, 4) is 0 Å². The van der Waals surface area contributed by atoms with E-state index in [1.165, 1.54) is 0 Å². The van der Waals surface area contributed by atoms with Gasteiger partial charge in [-0.1, -0.05) is 5.57 Å². The van der Waals surface area contributed by atoms with Crippen LogP contribution >= 0.6 is 0 Å². The van der Waals surface area contributed by atoms with Crippen molar-refractivity contribution in [2.75, 3.05) is 6.54 Å². The maximum absolute atomic E-state index is 11.5. The predicted molar refractivity (Wildman–Crippen MR) is 77.5 cm³/mol. The highest BCUT2D eigenvalue weighted by molar-refractivity contribution is 5.77. The van der Waals surface area contributed by atoms with Crippen LogP contribution in [0.3, 0.4) is 0 Å². The van der Waals surface area contributed by atoms with Gasteiger partial charge in [-0.3, -0.25) is 14.4 Å². The minimum atomic E-state index is -1.09. The fraction of sp³-hybridized carbons (Fsp3) is 0.667. The van der Waals surface area contributed by atoms with Gasteiger partial charge in [0.25, 0.3) is 0 Å². The van der Waals surface area contributed by atoms with Crippen molar-refractivity contribution in [1.82, 2.24) is 5.32 Å². The zero-order valence-electron chi connectivity index (χ0n) is 12.9. The number of carboxylic acid groups (broad SMARTS) is 2. The number of aliphatic carboxylic acids is 2. The molecule has 6 atom stereocenters. The van der Waals surface area contributed by atoms with Crippen molar-refractivity contribution in [3.05, 3.63) is 11.6 Å². The van der Waals surface area contributed by atoms with Crippen LogP contribution in [0.15, 0.2) is 11.6 Å². The van der Waals surface area contributed by atoms with Crippen molar-refractivity contribution in [1.29, 1.82) is 0 Å². The number of esters is 1. The molecule has 0 aromatic carbocycles. The van der Waals surface area contributed by atoms with Gasteiger partial charge in [-0.2, -0.15) is 0 Å². The SMILES string of the molecule is C/C(=C/[C@H]1OC(=O)[C@H](C)[C@@H]1O)C1CN[C@H](C(=O)O)[C@H]1CC(=O)O. The van der Waals surface area contributed by atoms with Crippen LogP contribution in [0.5, 0.6) is 0 Å². The van der Waals surface area contributed by atoms with Gasteiger partial charge in [-0.25, -0.2) is 0 Å². The Bertz CT molecular complexity index is 544. The van der Waals surface area contributed by atoms with E-state index < -0.39 is 48.0 Å². The molecule has 128 valence electrons. The lowest BCUT2D eigenvalue weighted by molar-refractivity contribution is -0.143. The molecule has 4 N–H and O–H groups in total. The molecule has 2 saturated heterocycles. The van der Waals surface area contributed by atoms with Crippen molar-refractivity contribution >= 4 is 17.9 Å². The number of carboxylic acids is 2. The molecule has 2 fully saturated rings. The lowest BCUT2D eigenvalue weighted by atomic mass is 9.82. The van der Waals surface area contributed by atoms with E-state index in [1.54, 1.807) is 19.9 Å². The van der Waals surface area contributed by atoms with Gasteiger partial charge in [-0.15, -0.1) is 0 Å². The van der Waals surface area contributed by atoms with Crippen molar-refractivity contribution in [3.63, 3.8) is 0 Å². The number of rotatable bonds is 5. The van der Waals surface area contributed by atoms with Crippen LogP contribution in [0, 0.1) is 17.8 Å². The molecular formula is C15H21NO7. The van der Waals surface area contributed by atoms with Gasteiger partial charge in [-0.05, 0) is 25.8 Å². The Labute approximate surface area is 133 Å². The van der Waals surface area contributed by atoms with Gasteiger partial charge in [0, 0.05) is 12.5 Å². The van der Waals surface area contributed by atoms with Gasteiger partial charge in [0.05, 0.1) is 12.3 Å². The first kappa shape index (κ1) is 17.4. The molecule has 0 radical (unpaired) electrons. The average Bonchev–Trinajstić information content (AvgIpc) is 2.96. The van der Waals surface area contributed by atoms with Crippen molar-refractivity contribution in [2.45, 2.75) is 38.5 Å². The third-order valence-corrected chi connectivity index (χ3v) is 4.66. The summed E-state index contributed by atoms with van der Waals surface area (Å²) in [5.74, 6) is -4.17. The predicted octanol–water partition coefficient (Wildman–Crippen LogP) is -0.381. The van der Waals surface area contributed by atoms with Crippen LogP contribution in [0.4, 0.5) is 0 Å². The topological polar surface area (TPSA) is 133 Å². The average molecular weight is 327 g/mol. The molecule has 2 rings (SSSR count). The number of carbonyl (C=O) groups is 3.